The number of hydrogen-bond donors (Lipinski definition) is 0. The first-order chi connectivity index (χ1) is 9.67. The summed E-state index contributed by atoms with van der Waals surface area (Å²) in [5.41, 5.74) is 1.31. The van der Waals surface area contributed by atoms with Crippen molar-refractivity contribution in [1.29, 1.82) is 0 Å². The van der Waals surface area contributed by atoms with E-state index >= 15 is 0 Å². The summed E-state index contributed by atoms with van der Waals surface area (Å²) in [4.78, 5) is 0. The summed E-state index contributed by atoms with van der Waals surface area (Å²) in [5.74, 6) is 1.36. The smallest absolute Gasteiger partial charge is 0.123 e. The van der Waals surface area contributed by atoms with Crippen molar-refractivity contribution in [3.63, 3.8) is 0 Å². The van der Waals surface area contributed by atoms with Gasteiger partial charge in [-0.2, -0.15) is 0 Å². The molecular weight excluding hydrogens is 247 g/mol. The SMILES string of the molecule is CCCC(CCCCC[C@@H](C)CC)c1ccc(F)cc1. The van der Waals surface area contributed by atoms with Crippen LogP contribution in [0.15, 0.2) is 24.3 Å². The Morgan fingerprint density at radius 3 is 2.15 bits per heavy atom. The Kier molecular flexibility index (Phi) is 8.57. The molecule has 1 heteroatoms. The highest BCUT2D eigenvalue weighted by Gasteiger charge is 2.10. The van der Waals surface area contributed by atoms with Gasteiger partial charge < -0.3 is 0 Å². The van der Waals surface area contributed by atoms with Gasteiger partial charge in [-0.3, -0.25) is 0 Å². The van der Waals surface area contributed by atoms with E-state index in [2.05, 4.69) is 20.8 Å². The van der Waals surface area contributed by atoms with Gasteiger partial charge >= 0.3 is 0 Å². The molecule has 0 bridgehead atoms. The number of benzene rings is 1. The molecule has 0 fully saturated rings. The Morgan fingerprint density at radius 2 is 1.55 bits per heavy atom. The molecule has 114 valence electrons. The monoisotopic (exact) mass is 278 g/mol. The Hall–Kier alpha value is -0.850. The molecule has 2 atom stereocenters. The average molecular weight is 278 g/mol. The lowest BCUT2D eigenvalue weighted by Gasteiger charge is -2.17. The summed E-state index contributed by atoms with van der Waals surface area (Å²) in [6, 6.07) is 7.13. The maximum Gasteiger partial charge on any atom is 0.123 e. The van der Waals surface area contributed by atoms with E-state index in [-0.39, 0.29) is 5.82 Å². The second-order valence-corrected chi connectivity index (χ2v) is 6.19. The zero-order valence-corrected chi connectivity index (χ0v) is 13.5. The highest BCUT2D eigenvalue weighted by atomic mass is 19.1. The molecule has 1 aromatic carbocycles. The third-order valence-electron chi connectivity index (χ3n) is 4.42. The predicted molar refractivity (Wildman–Crippen MR) is 86.6 cm³/mol. The van der Waals surface area contributed by atoms with Gasteiger partial charge in [0, 0.05) is 0 Å². The minimum atomic E-state index is -0.127. The summed E-state index contributed by atoms with van der Waals surface area (Å²) < 4.78 is 13.0. The lowest BCUT2D eigenvalue weighted by Crippen LogP contribution is -1.99. The zero-order valence-electron chi connectivity index (χ0n) is 13.5. The minimum Gasteiger partial charge on any atom is -0.207 e. The molecule has 0 aliphatic carbocycles. The van der Waals surface area contributed by atoms with E-state index in [4.69, 9.17) is 0 Å². The number of unbranched alkanes of at least 4 members (excludes halogenated alkanes) is 2. The van der Waals surface area contributed by atoms with Crippen molar-refractivity contribution < 1.29 is 4.39 Å². The molecule has 0 saturated carbocycles. The van der Waals surface area contributed by atoms with Crippen molar-refractivity contribution in [3.05, 3.63) is 35.6 Å². The van der Waals surface area contributed by atoms with Gasteiger partial charge in [0.15, 0.2) is 0 Å². The van der Waals surface area contributed by atoms with E-state index in [0.29, 0.717) is 5.92 Å². The molecule has 0 aliphatic rings. The molecule has 0 heterocycles. The molecule has 0 N–H and O–H groups in total. The molecule has 0 nitrogen and oxygen atoms in total. The first kappa shape index (κ1) is 17.2. The number of rotatable bonds is 10. The molecular formula is C19H31F. The summed E-state index contributed by atoms with van der Waals surface area (Å²) in [7, 11) is 0. The van der Waals surface area contributed by atoms with E-state index in [0.717, 1.165) is 5.92 Å². The van der Waals surface area contributed by atoms with Crippen LogP contribution in [0.4, 0.5) is 4.39 Å². The van der Waals surface area contributed by atoms with Crippen LogP contribution in [0.3, 0.4) is 0 Å². The maximum atomic E-state index is 13.0. The molecule has 0 aromatic heterocycles. The van der Waals surface area contributed by atoms with Crippen LogP contribution in [-0.4, -0.2) is 0 Å². The predicted octanol–water partition coefficient (Wildman–Crippen LogP) is 6.71. The molecule has 20 heavy (non-hydrogen) atoms. The summed E-state index contributed by atoms with van der Waals surface area (Å²) in [6.07, 6.45) is 10.3. The van der Waals surface area contributed by atoms with Crippen LogP contribution in [0, 0.1) is 11.7 Å². The molecule has 1 rings (SSSR count). The van der Waals surface area contributed by atoms with Crippen molar-refractivity contribution in [1.82, 2.24) is 0 Å². The van der Waals surface area contributed by atoms with Crippen molar-refractivity contribution in [2.75, 3.05) is 0 Å². The summed E-state index contributed by atoms with van der Waals surface area (Å²) in [6.45, 7) is 6.86. The van der Waals surface area contributed by atoms with Crippen LogP contribution < -0.4 is 0 Å². The Morgan fingerprint density at radius 1 is 0.900 bits per heavy atom. The molecule has 0 aliphatic heterocycles. The van der Waals surface area contributed by atoms with E-state index in [1.165, 1.54) is 56.9 Å². The Bertz CT molecular complexity index is 341. The zero-order chi connectivity index (χ0) is 14.8. The Labute approximate surface area is 124 Å². The quantitative estimate of drug-likeness (QED) is 0.417. The third kappa shape index (κ3) is 6.54. The van der Waals surface area contributed by atoms with Gasteiger partial charge in [0.25, 0.3) is 0 Å². The maximum absolute atomic E-state index is 13.0. The lowest BCUT2D eigenvalue weighted by atomic mass is 9.89. The van der Waals surface area contributed by atoms with Crippen LogP contribution in [-0.2, 0) is 0 Å². The van der Waals surface area contributed by atoms with Gasteiger partial charge in [-0.15, -0.1) is 0 Å². The van der Waals surface area contributed by atoms with Crippen LogP contribution >= 0.6 is 0 Å². The van der Waals surface area contributed by atoms with E-state index in [9.17, 15) is 4.39 Å². The second kappa shape index (κ2) is 9.96. The van der Waals surface area contributed by atoms with Crippen LogP contribution in [0.5, 0.6) is 0 Å². The summed E-state index contributed by atoms with van der Waals surface area (Å²) in [5, 5.41) is 0. The van der Waals surface area contributed by atoms with Crippen molar-refractivity contribution in [2.45, 2.75) is 78.1 Å². The fourth-order valence-electron chi connectivity index (χ4n) is 2.83. The fourth-order valence-corrected chi connectivity index (χ4v) is 2.83. The average Bonchev–Trinajstić information content (AvgIpc) is 2.46. The first-order valence-corrected chi connectivity index (χ1v) is 8.42. The van der Waals surface area contributed by atoms with Crippen LogP contribution in [0.25, 0.3) is 0 Å². The Balaban J connectivity index is 2.34. The standard InChI is InChI=1S/C19H31F/c1-4-9-17(18-12-14-19(20)15-13-18)11-8-6-7-10-16(3)5-2/h12-17H,4-11H2,1-3H3/t16-,17?/m0/s1. The first-order valence-electron chi connectivity index (χ1n) is 8.42. The number of hydrogen-bond acceptors (Lipinski definition) is 0. The van der Waals surface area contributed by atoms with Crippen molar-refractivity contribution in [3.8, 4) is 0 Å². The van der Waals surface area contributed by atoms with Gasteiger partial charge in [-0.25, -0.2) is 4.39 Å². The molecule has 0 spiro atoms. The lowest BCUT2D eigenvalue weighted by molar-refractivity contribution is 0.459. The highest BCUT2D eigenvalue weighted by Crippen LogP contribution is 2.27. The number of halogens is 1. The largest absolute Gasteiger partial charge is 0.207 e. The molecule has 1 aromatic rings. The second-order valence-electron chi connectivity index (χ2n) is 6.19. The minimum absolute atomic E-state index is 0.127. The van der Waals surface area contributed by atoms with Gasteiger partial charge in [-0.1, -0.05) is 71.4 Å². The van der Waals surface area contributed by atoms with Crippen molar-refractivity contribution in [2.24, 2.45) is 5.92 Å². The van der Waals surface area contributed by atoms with E-state index in [1.807, 2.05) is 12.1 Å². The van der Waals surface area contributed by atoms with Gasteiger partial charge in [0.1, 0.15) is 5.82 Å². The van der Waals surface area contributed by atoms with Crippen LogP contribution in [0.1, 0.15) is 83.6 Å². The highest BCUT2D eigenvalue weighted by molar-refractivity contribution is 5.20. The molecule has 1 unspecified atom stereocenters. The normalized spacial score (nSPS) is 14.2. The van der Waals surface area contributed by atoms with Crippen LogP contribution in [0.2, 0.25) is 0 Å². The van der Waals surface area contributed by atoms with Gasteiger partial charge in [0.2, 0.25) is 0 Å². The van der Waals surface area contributed by atoms with E-state index < -0.39 is 0 Å². The molecule has 0 saturated heterocycles. The fraction of sp³-hybridized carbons (Fsp3) is 0.684. The topological polar surface area (TPSA) is 0 Å². The molecule has 0 amide bonds. The van der Waals surface area contributed by atoms with Crippen molar-refractivity contribution >= 4 is 0 Å². The van der Waals surface area contributed by atoms with Gasteiger partial charge in [0.05, 0.1) is 0 Å². The molecule has 0 radical (unpaired) electrons. The summed E-state index contributed by atoms with van der Waals surface area (Å²) >= 11 is 0. The van der Waals surface area contributed by atoms with Gasteiger partial charge in [-0.05, 0) is 42.4 Å². The van der Waals surface area contributed by atoms with E-state index in [1.54, 1.807) is 12.1 Å². The third-order valence-corrected chi connectivity index (χ3v) is 4.42.